The van der Waals surface area contributed by atoms with E-state index < -0.39 is 0 Å². The van der Waals surface area contributed by atoms with E-state index in [1.54, 1.807) is 27.6 Å². The van der Waals surface area contributed by atoms with Gasteiger partial charge in [0, 0.05) is 18.6 Å². The van der Waals surface area contributed by atoms with E-state index in [0.717, 1.165) is 29.0 Å². The van der Waals surface area contributed by atoms with Crippen LogP contribution < -0.4 is 5.69 Å². The molecule has 0 spiro atoms. The molecule has 0 N–H and O–H groups in total. The predicted octanol–water partition coefficient (Wildman–Crippen LogP) is 5.65. The molecule has 156 valence electrons. The van der Waals surface area contributed by atoms with Gasteiger partial charge in [-0.1, -0.05) is 63.3 Å². The van der Waals surface area contributed by atoms with E-state index in [4.69, 9.17) is 0 Å². The highest BCUT2D eigenvalue weighted by molar-refractivity contribution is 5.72. The Morgan fingerprint density at radius 3 is 2.67 bits per heavy atom. The van der Waals surface area contributed by atoms with Crippen molar-refractivity contribution in [3.63, 3.8) is 0 Å². The van der Waals surface area contributed by atoms with Crippen molar-refractivity contribution < 1.29 is 0 Å². The van der Waals surface area contributed by atoms with Crippen molar-refractivity contribution in [2.24, 2.45) is 5.92 Å². The molecular formula is C26H31N3O. The Labute approximate surface area is 179 Å². The summed E-state index contributed by atoms with van der Waals surface area (Å²) in [5.74, 6) is 1.35. The molecule has 0 saturated heterocycles. The summed E-state index contributed by atoms with van der Waals surface area (Å²) >= 11 is 0. The first-order valence-corrected chi connectivity index (χ1v) is 10.7. The topological polar surface area (TPSA) is 39.8 Å². The smallest absolute Gasteiger partial charge is 0.294 e. The quantitative estimate of drug-likeness (QED) is 0.435. The fraction of sp³-hybridized carbons (Fsp3) is 0.308. The molecule has 0 aliphatic rings. The number of benzene rings is 1. The van der Waals surface area contributed by atoms with Crippen LogP contribution in [-0.2, 0) is 13.0 Å². The van der Waals surface area contributed by atoms with Gasteiger partial charge in [0.1, 0.15) is 5.82 Å². The molecule has 1 aromatic carbocycles. The minimum Gasteiger partial charge on any atom is -0.294 e. The van der Waals surface area contributed by atoms with E-state index in [0.29, 0.717) is 12.4 Å². The van der Waals surface area contributed by atoms with Crippen LogP contribution in [0, 0.1) is 5.92 Å². The average molecular weight is 402 g/mol. The molecule has 0 bridgehead atoms. The molecule has 0 aliphatic heterocycles. The monoisotopic (exact) mass is 401 g/mol. The first kappa shape index (κ1) is 21.6. The Balaban J connectivity index is 1.76. The third-order valence-corrected chi connectivity index (χ3v) is 5.67. The highest BCUT2D eigenvalue weighted by Gasteiger charge is 2.08. The van der Waals surface area contributed by atoms with E-state index >= 15 is 0 Å². The molecule has 0 amide bonds. The van der Waals surface area contributed by atoms with Crippen molar-refractivity contribution in [1.82, 2.24) is 14.1 Å². The summed E-state index contributed by atoms with van der Waals surface area (Å²) in [7, 11) is 0. The molecule has 0 saturated carbocycles. The molecular weight excluding hydrogens is 370 g/mol. The molecule has 1 unspecified atom stereocenters. The van der Waals surface area contributed by atoms with Crippen molar-refractivity contribution in [3.8, 4) is 5.82 Å². The zero-order valence-corrected chi connectivity index (χ0v) is 18.2. The number of hydrogen-bond donors (Lipinski definition) is 0. The first-order chi connectivity index (χ1) is 14.5. The number of hydrogen-bond acceptors (Lipinski definition) is 2. The fourth-order valence-electron chi connectivity index (χ4n) is 3.51. The number of pyridine rings is 1. The van der Waals surface area contributed by atoms with Crippen LogP contribution in [0.25, 0.3) is 11.4 Å². The van der Waals surface area contributed by atoms with Gasteiger partial charge in [0.25, 0.3) is 0 Å². The molecule has 0 aliphatic carbocycles. The summed E-state index contributed by atoms with van der Waals surface area (Å²) in [6, 6.07) is 12.4. The van der Waals surface area contributed by atoms with Crippen LogP contribution in [0.1, 0.15) is 50.3 Å². The van der Waals surface area contributed by atoms with Gasteiger partial charge in [0.2, 0.25) is 0 Å². The van der Waals surface area contributed by atoms with Crippen molar-refractivity contribution in [3.05, 3.63) is 101 Å². The lowest BCUT2D eigenvalue weighted by Gasteiger charge is -2.09. The lowest BCUT2D eigenvalue weighted by Crippen LogP contribution is -2.24. The summed E-state index contributed by atoms with van der Waals surface area (Å²) in [5.41, 5.74) is 4.39. The molecule has 2 heterocycles. The van der Waals surface area contributed by atoms with Crippen LogP contribution >= 0.6 is 0 Å². The third kappa shape index (κ3) is 5.07. The van der Waals surface area contributed by atoms with E-state index in [2.05, 4.69) is 49.7 Å². The third-order valence-electron chi connectivity index (χ3n) is 5.67. The summed E-state index contributed by atoms with van der Waals surface area (Å²) in [5, 5.41) is 0. The highest BCUT2D eigenvalue weighted by Crippen LogP contribution is 2.16. The molecule has 30 heavy (non-hydrogen) atoms. The lowest BCUT2D eigenvalue weighted by atomic mass is 9.98. The zero-order valence-electron chi connectivity index (χ0n) is 18.2. The Bertz CT molecular complexity index is 1070. The number of aryl methyl sites for hydroxylation is 1. The van der Waals surface area contributed by atoms with Crippen LogP contribution in [0.4, 0.5) is 0 Å². The van der Waals surface area contributed by atoms with Gasteiger partial charge in [0.15, 0.2) is 0 Å². The van der Waals surface area contributed by atoms with E-state index in [-0.39, 0.29) is 5.69 Å². The Hall–Kier alpha value is -3.14. The second-order valence-electron chi connectivity index (χ2n) is 7.80. The van der Waals surface area contributed by atoms with Crippen LogP contribution in [0.2, 0.25) is 0 Å². The van der Waals surface area contributed by atoms with E-state index in [1.165, 1.54) is 18.4 Å². The first-order valence-electron chi connectivity index (χ1n) is 10.7. The number of allylic oxidation sites excluding steroid dienone is 3. The number of aromatic nitrogens is 3. The molecule has 2 aromatic heterocycles. The number of rotatable bonds is 9. The van der Waals surface area contributed by atoms with Gasteiger partial charge in [-0.15, -0.1) is 0 Å². The van der Waals surface area contributed by atoms with Crippen molar-refractivity contribution in [1.29, 1.82) is 0 Å². The van der Waals surface area contributed by atoms with Crippen LogP contribution in [0.5, 0.6) is 0 Å². The summed E-state index contributed by atoms with van der Waals surface area (Å²) in [4.78, 5) is 17.4. The largest absolute Gasteiger partial charge is 0.334 e. The molecule has 4 heteroatoms. The number of imidazole rings is 1. The van der Waals surface area contributed by atoms with Gasteiger partial charge < -0.3 is 0 Å². The highest BCUT2D eigenvalue weighted by atomic mass is 16.1. The predicted molar refractivity (Wildman–Crippen MR) is 125 cm³/mol. The summed E-state index contributed by atoms with van der Waals surface area (Å²) in [6.07, 6.45) is 12.6. The second kappa shape index (κ2) is 10.1. The van der Waals surface area contributed by atoms with Gasteiger partial charge in [-0.3, -0.25) is 9.13 Å². The van der Waals surface area contributed by atoms with E-state index in [1.807, 2.05) is 31.3 Å². The average Bonchev–Trinajstić information content (AvgIpc) is 3.13. The summed E-state index contributed by atoms with van der Waals surface area (Å²) < 4.78 is 3.31. The lowest BCUT2D eigenvalue weighted by molar-refractivity contribution is 0.516. The van der Waals surface area contributed by atoms with Gasteiger partial charge in [-0.25, -0.2) is 9.78 Å². The number of nitrogens with zero attached hydrogens (tertiary/aromatic N) is 3. The molecule has 3 aromatic rings. The molecule has 0 radical (unpaired) electrons. The second-order valence-corrected chi connectivity index (χ2v) is 7.80. The van der Waals surface area contributed by atoms with Crippen molar-refractivity contribution >= 4 is 5.57 Å². The van der Waals surface area contributed by atoms with Gasteiger partial charge in [0.05, 0.1) is 6.54 Å². The van der Waals surface area contributed by atoms with E-state index in [9.17, 15) is 4.79 Å². The molecule has 1 atom stereocenters. The van der Waals surface area contributed by atoms with Crippen molar-refractivity contribution in [2.75, 3.05) is 0 Å². The maximum atomic E-state index is 12.9. The van der Waals surface area contributed by atoms with Gasteiger partial charge in [-0.05, 0) is 60.1 Å². The van der Waals surface area contributed by atoms with Crippen LogP contribution in [-0.4, -0.2) is 14.1 Å². The SMILES string of the molecule is C=C/C(=C\C)c1ccc(-n2ccn(Cc3cccc(CCC(C)CC)c3)c2=O)nc1. The van der Waals surface area contributed by atoms with Crippen LogP contribution in [0.15, 0.2) is 78.5 Å². The maximum absolute atomic E-state index is 12.9. The minimum atomic E-state index is -0.0877. The minimum absolute atomic E-state index is 0.0877. The maximum Gasteiger partial charge on any atom is 0.334 e. The zero-order chi connectivity index (χ0) is 21.5. The van der Waals surface area contributed by atoms with Gasteiger partial charge in [-0.2, -0.15) is 0 Å². The summed E-state index contributed by atoms with van der Waals surface area (Å²) in [6.45, 7) is 10.9. The normalized spacial score (nSPS) is 12.7. The van der Waals surface area contributed by atoms with Crippen molar-refractivity contribution in [2.45, 2.75) is 46.6 Å². The Morgan fingerprint density at radius 1 is 1.20 bits per heavy atom. The van der Waals surface area contributed by atoms with Gasteiger partial charge >= 0.3 is 5.69 Å². The molecule has 4 nitrogen and oxygen atoms in total. The molecule has 0 fully saturated rings. The molecule has 3 rings (SSSR count). The standard InChI is InChI=1S/C26H31N3O/c1-5-20(4)11-12-21-9-8-10-22(17-21)19-28-15-16-29(26(28)30)25-14-13-24(18-27-25)23(6-2)7-3/h6-10,13-18,20H,2,5,11-12,19H2,1,3-4H3/b23-7+. The Kier molecular flexibility index (Phi) is 7.23. The Morgan fingerprint density at radius 2 is 2.00 bits per heavy atom. The fourth-order valence-corrected chi connectivity index (χ4v) is 3.51. The van der Waals surface area contributed by atoms with Crippen LogP contribution in [0.3, 0.4) is 0 Å².